The highest BCUT2D eigenvalue weighted by Crippen LogP contribution is 2.17. The molecule has 6 nitrogen and oxygen atoms in total. The number of fused-ring (bicyclic) bond motifs is 1. The van der Waals surface area contributed by atoms with Crippen LogP contribution in [0.1, 0.15) is 27.2 Å². The summed E-state index contributed by atoms with van der Waals surface area (Å²) in [5.41, 5.74) is 0.677. The van der Waals surface area contributed by atoms with E-state index in [0.717, 1.165) is 0 Å². The Kier molecular flexibility index (Phi) is 3.71. The first-order valence-corrected chi connectivity index (χ1v) is 6.28. The predicted octanol–water partition coefficient (Wildman–Crippen LogP) is 2.21. The molecule has 0 aliphatic heterocycles. The number of nitrogens with zero attached hydrogens (tertiary/aromatic N) is 4. The fourth-order valence-corrected chi connectivity index (χ4v) is 1.80. The molecule has 0 saturated heterocycles. The van der Waals surface area contributed by atoms with Gasteiger partial charge in [0.15, 0.2) is 10.8 Å². The minimum absolute atomic E-state index is 0.254. The van der Waals surface area contributed by atoms with E-state index in [1.54, 1.807) is 10.9 Å². The molecule has 0 aliphatic rings. The molecule has 19 heavy (non-hydrogen) atoms. The van der Waals surface area contributed by atoms with Crippen molar-refractivity contribution in [2.45, 2.75) is 39.3 Å². The molecule has 0 aliphatic carbocycles. The number of hydrogen-bond donors (Lipinski definition) is 0. The smallest absolute Gasteiger partial charge is 0.308 e. The van der Waals surface area contributed by atoms with E-state index in [0.29, 0.717) is 22.9 Å². The number of carbonyl (C=O) groups is 1. The molecule has 0 unspecified atom stereocenters. The number of aromatic nitrogens is 4. The Morgan fingerprint density at radius 1 is 1.37 bits per heavy atom. The number of halogens is 1. The molecular weight excluding hydrogens is 268 g/mol. The van der Waals surface area contributed by atoms with E-state index >= 15 is 0 Å². The van der Waals surface area contributed by atoms with Crippen LogP contribution >= 0.6 is 11.6 Å². The largest absolute Gasteiger partial charge is 0.460 e. The highest BCUT2D eigenvalue weighted by molar-refractivity contribution is 6.33. The number of esters is 1. The molecule has 0 N–H and O–H groups in total. The molecule has 0 atom stereocenters. The molecule has 2 aromatic rings. The average Bonchev–Trinajstić information content (AvgIpc) is 2.69. The van der Waals surface area contributed by atoms with Gasteiger partial charge in [0.2, 0.25) is 0 Å². The van der Waals surface area contributed by atoms with E-state index < -0.39 is 5.60 Å². The van der Waals surface area contributed by atoms with Crippen molar-refractivity contribution in [2.24, 2.45) is 0 Å². The molecule has 2 aromatic heterocycles. The van der Waals surface area contributed by atoms with Gasteiger partial charge in [-0.1, -0.05) is 11.6 Å². The normalized spacial score (nSPS) is 11.8. The number of hydrogen-bond acceptors (Lipinski definition) is 5. The van der Waals surface area contributed by atoms with Crippen molar-refractivity contribution in [3.8, 4) is 0 Å². The molecule has 0 fully saturated rings. The zero-order valence-corrected chi connectivity index (χ0v) is 11.8. The van der Waals surface area contributed by atoms with E-state index in [9.17, 15) is 4.79 Å². The molecule has 2 heterocycles. The maximum atomic E-state index is 11.6. The third-order valence-corrected chi connectivity index (χ3v) is 2.61. The molecule has 102 valence electrons. The Hall–Kier alpha value is -1.69. The third-order valence-electron chi connectivity index (χ3n) is 2.33. The van der Waals surface area contributed by atoms with E-state index in [-0.39, 0.29) is 12.4 Å². The van der Waals surface area contributed by atoms with E-state index in [4.69, 9.17) is 16.3 Å². The van der Waals surface area contributed by atoms with Gasteiger partial charge in [0.05, 0.1) is 12.7 Å². The van der Waals surface area contributed by atoms with Crippen LogP contribution in [0.2, 0.25) is 5.15 Å². The second kappa shape index (κ2) is 5.13. The Morgan fingerprint density at radius 3 is 2.79 bits per heavy atom. The van der Waals surface area contributed by atoms with Gasteiger partial charge in [-0.05, 0) is 20.8 Å². The van der Waals surface area contributed by atoms with E-state index in [1.165, 1.54) is 6.33 Å². The van der Waals surface area contributed by atoms with Crippen LogP contribution in [0.5, 0.6) is 0 Å². The Balaban J connectivity index is 2.07. The summed E-state index contributed by atoms with van der Waals surface area (Å²) >= 11 is 5.90. The number of rotatable bonds is 3. The van der Waals surface area contributed by atoms with Crippen LogP contribution < -0.4 is 0 Å². The first-order valence-electron chi connectivity index (χ1n) is 5.90. The first-order chi connectivity index (χ1) is 8.87. The molecule has 0 bridgehead atoms. The summed E-state index contributed by atoms with van der Waals surface area (Å²) in [7, 11) is 0. The van der Waals surface area contributed by atoms with Crippen LogP contribution in [0.15, 0.2) is 12.7 Å². The van der Waals surface area contributed by atoms with Gasteiger partial charge in [-0.25, -0.2) is 15.0 Å². The zero-order valence-electron chi connectivity index (χ0n) is 11.1. The number of aryl methyl sites for hydroxylation is 1. The number of imidazole rings is 1. The quantitative estimate of drug-likeness (QED) is 0.638. The summed E-state index contributed by atoms with van der Waals surface area (Å²) < 4.78 is 7.00. The lowest BCUT2D eigenvalue weighted by Gasteiger charge is -2.19. The molecule has 0 saturated carbocycles. The van der Waals surface area contributed by atoms with Crippen molar-refractivity contribution >= 4 is 28.7 Å². The summed E-state index contributed by atoms with van der Waals surface area (Å²) in [6, 6.07) is 0. The SMILES string of the molecule is CC(C)(C)OC(=O)CCn1cnc2c(Cl)ncnc21. The highest BCUT2D eigenvalue weighted by atomic mass is 35.5. The van der Waals surface area contributed by atoms with Crippen molar-refractivity contribution in [3.63, 3.8) is 0 Å². The summed E-state index contributed by atoms with van der Waals surface area (Å²) in [6.07, 6.45) is 3.22. The monoisotopic (exact) mass is 282 g/mol. The molecule has 0 radical (unpaired) electrons. The van der Waals surface area contributed by atoms with Crippen LogP contribution in [0, 0.1) is 0 Å². The highest BCUT2D eigenvalue weighted by Gasteiger charge is 2.16. The maximum Gasteiger partial charge on any atom is 0.308 e. The molecular formula is C12H15ClN4O2. The number of ether oxygens (including phenoxy) is 1. The summed E-state index contributed by atoms with van der Waals surface area (Å²) in [4.78, 5) is 23.7. The van der Waals surface area contributed by atoms with Crippen LogP contribution in [-0.4, -0.2) is 31.1 Å². The lowest BCUT2D eigenvalue weighted by atomic mass is 10.2. The first kappa shape index (κ1) is 13.7. The van der Waals surface area contributed by atoms with Crippen molar-refractivity contribution < 1.29 is 9.53 Å². The van der Waals surface area contributed by atoms with Crippen molar-refractivity contribution in [2.75, 3.05) is 0 Å². The number of carbonyl (C=O) groups excluding carboxylic acids is 1. The van der Waals surface area contributed by atoms with Gasteiger partial charge in [-0.15, -0.1) is 0 Å². The minimum atomic E-state index is -0.473. The maximum absolute atomic E-state index is 11.6. The summed E-state index contributed by atoms with van der Waals surface area (Å²) in [6.45, 7) is 5.96. The van der Waals surface area contributed by atoms with Gasteiger partial charge in [0.1, 0.15) is 17.4 Å². The Morgan fingerprint density at radius 2 is 2.11 bits per heavy atom. The minimum Gasteiger partial charge on any atom is -0.460 e. The topological polar surface area (TPSA) is 69.9 Å². The summed E-state index contributed by atoms with van der Waals surface area (Å²) in [5, 5.41) is 0.306. The van der Waals surface area contributed by atoms with Crippen LogP contribution in [0.25, 0.3) is 11.2 Å². The second-order valence-electron chi connectivity index (χ2n) is 5.11. The predicted molar refractivity (Wildman–Crippen MR) is 70.8 cm³/mol. The van der Waals surface area contributed by atoms with Gasteiger partial charge in [0, 0.05) is 6.54 Å². The van der Waals surface area contributed by atoms with Crippen LogP contribution in [-0.2, 0) is 16.1 Å². The van der Waals surface area contributed by atoms with Gasteiger partial charge in [-0.3, -0.25) is 4.79 Å². The van der Waals surface area contributed by atoms with Gasteiger partial charge in [0.25, 0.3) is 0 Å². The Labute approximate surface area is 115 Å². The van der Waals surface area contributed by atoms with Gasteiger partial charge in [-0.2, -0.15) is 0 Å². The zero-order chi connectivity index (χ0) is 14.0. The van der Waals surface area contributed by atoms with Gasteiger partial charge >= 0.3 is 5.97 Å². The standard InChI is InChI=1S/C12H15ClN4O2/c1-12(2,3)19-8(18)4-5-17-7-16-9-10(13)14-6-15-11(9)17/h6-7H,4-5H2,1-3H3. The van der Waals surface area contributed by atoms with Gasteiger partial charge < -0.3 is 9.30 Å². The lowest BCUT2D eigenvalue weighted by Crippen LogP contribution is -2.24. The summed E-state index contributed by atoms with van der Waals surface area (Å²) in [5.74, 6) is -0.255. The molecule has 7 heteroatoms. The second-order valence-corrected chi connectivity index (χ2v) is 5.47. The third kappa shape index (κ3) is 3.41. The average molecular weight is 283 g/mol. The molecule has 0 aromatic carbocycles. The molecule has 0 amide bonds. The van der Waals surface area contributed by atoms with E-state index in [1.807, 2.05) is 20.8 Å². The fourth-order valence-electron chi connectivity index (χ4n) is 1.62. The van der Waals surface area contributed by atoms with Crippen LogP contribution in [0.3, 0.4) is 0 Å². The lowest BCUT2D eigenvalue weighted by molar-refractivity contribution is -0.155. The fraction of sp³-hybridized carbons (Fsp3) is 0.500. The van der Waals surface area contributed by atoms with Crippen molar-refractivity contribution in [1.29, 1.82) is 0 Å². The van der Waals surface area contributed by atoms with E-state index in [2.05, 4.69) is 15.0 Å². The van der Waals surface area contributed by atoms with Crippen molar-refractivity contribution in [1.82, 2.24) is 19.5 Å². The molecule has 0 spiro atoms. The van der Waals surface area contributed by atoms with Crippen molar-refractivity contribution in [3.05, 3.63) is 17.8 Å². The van der Waals surface area contributed by atoms with Crippen LogP contribution in [0.4, 0.5) is 0 Å². The molecule has 2 rings (SSSR count). The Bertz CT molecular complexity index is 603.